The van der Waals surface area contributed by atoms with Gasteiger partial charge in [0, 0.05) is 25.2 Å². The second-order valence-corrected chi connectivity index (χ2v) is 5.03. The topological polar surface area (TPSA) is 15.3 Å². The molecule has 0 amide bonds. The van der Waals surface area contributed by atoms with Crippen LogP contribution in [0.5, 0.6) is 0 Å². The van der Waals surface area contributed by atoms with Gasteiger partial charge in [-0.05, 0) is 31.7 Å². The van der Waals surface area contributed by atoms with Crippen LogP contribution in [-0.2, 0) is 0 Å². The van der Waals surface area contributed by atoms with Crippen molar-refractivity contribution in [1.82, 2.24) is 10.2 Å². The number of fused-ring (bicyclic) bond motifs is 1. The summed E-state index contributed by atoms with van der Waals surface area (Å²) in [5.41, 5.74) is 0. The Bertz CT molecular complexity index is 167. The summed E-state index contributed by atoms with van der Waals surface area (Å²) in [6.45, 7) is 8.51. The molecule has 2 heteroatoms. The van der Waals surface area contributed by atoms with Crippen molar-refractivity contribution in [3.8, 4) is 0 Å². The first-order chi connectivity index (χ1) is 6.25. The quantitative estimate of drug-likeness (QED) is 0.695. The molecule has 2 aliphatic heterocycles. The number of hydrogen-bond acceptors (Lipinski definition) is 2. The lowest BCUT2D eigenvalue weighted by atomic mass is 10.0. The van der Waals surface area contributed by atoms with E-state index in [4.69, 9.17) is 0 Å². The summed E-state index contributed by atoms with van der Waals surface area (Å²) in [6.07, 6.45) is 4.17. The van der Waals surface area contributed by atoms with Crippen LogP contribution in [0.25, 0.3) is 0 Å². The van der Waals surface area contributed by atoms with Gasteiger partial charge < -0.3 is 5.32 Å². The van der Waals surface area contributed by atoms with Crippen molar-refractivity contribution in [2.75, 3.05) is 19.6 Å². The van der Waals surface area contributed by atoms with E-state index in [0.717, 1.165) is 18.0 Å². The molecule has 2 rings (SSSR count). The smallest absolute Gasteiger partial charge is 0.0221 e. The highest BCUT2D eigenvalue weighted by Gasteiger charge is 2.30. The fourth-order valence-corrected chi connectivity index (χ4v) is 2.74. The summed E-state index contributed by atoms with van der Waals surface area (Å²) in [5, 5.41) is 3.68. The summed E-state index contributed by atoms with van der Waals surface area (Å²) in [4.78, 5) is 2.68. The van der Waals surface area contributed by atoms with Crippen LogP contribution < -0.4 is 5.32 Å². The van der Waals surface area contributed by atoms with E-state index in [2.05, 4.69) is 24.1 Å². The van der Waals surface area contributed by atoms with Crippen molar-refractivity contribution in [2.45, 2.75) is 45.2 Å². The second kappa shape index (κ2) is 3.97. The van der Waals surface area contributed by atoms with Gasteiger partial charge in [-0.25, -0.2) is 0 Å². The van der Waals surface area contributed by atoms with Crippen molar-refractivity contribution >= 4 is 0 Å². The zero-order valence-corrected chi connectivity index (χ0v) is 8.92. The van der Waals surface area contributed by atoms with Gasteiger partial charge in [0.25, 0.3) is 0 Å². The van der Waals surface area contributed by atoms with Crippen LogP contribution in [0.15, 0.2) is 0 Å². The number of rotatable bonds is 2. The lowest BCUT2D eigenvalue weighted by Gasteiger charge is -2.36. The Balaban J connectivity index is 1.83. The molecule has 13 heavy (non-hydrogen) atoms. The number of hydrogen-bond donors (Lipinski definition) is 1. The van der Waals surface area contributed by atoms with Gasteiger partial charge in [0.05, 0.1) is 0 Å². The molecular weight excluding hydrogens is 160 g/mol. The van der Waals surface area contributed by atoms with Crippen LogP contribution in [0.2, 0.25) is 0 Å². The highest BCUT2D eigenvalue weighted by atomic mass is 15.2. The van der Waals surface area contributed by atoms with Gasteiger partial charge in [0.2, 0.25) is 0 Å². The lowest BCUT2D eigenvalue weighted by Crippen LogP contribution is -2.54. The molecule has 2 aliphatic rings. The SMILES string of the molecule is CC(C)C[C@@H]1CN2CCCC2CN1. The molecule has 0 aromatic carbocycles. The fourth-order valence-electron chi connectivity index (χ4n) is 2.74. The second-order valence-electron chi connectivity index (χ2n) is 5.03. The van der Waals surface area contributed by atoms with Crippen LogP contribution >= 0.6 is 0 Å². The molecule has 0 aromatic heterocycles. The molecule has 0 radical (unpaired) electrons. The standard InChI is InChI=1S/C11H22N2/c1-9(2)6-10-8-13-5-3-4-11(13)7-12-10/h9-12H,3-8H2,1-2H3/t10-,11?/m1/s1. The van der Waals surface area contributed by atoms with Crippen LogP contribution in [0, 0.1) is 5.92 Å². The summed E-state index contributed by atoms with van der Waals surface area (Å²) in [5.74, 6) is 0.830. The van der Waals surface area contributed by atoms with E-state index in [0.29, 0.717) is 0 Å². The molecule has 2 heterocycles. The Hall–Kier alpha value is -0.0800. The average molecular weight is 182 g/mol. The molecule has 2 atom stereocenters. The lowest BCUT2D eigenvalue weighted by molar-refractivity contribution is 0.162. The third-order valence-electron chi connectivity index (χ3n) is 3.35. The van der Waals surface area contributed by atoms with Crippen molar-refractivity contribution in [1.29, 1.82) is 0 Å². The molecule has 0 saturated carbocycles. The summed E-state index contributed by atoms with van der Waals surface area (Å²) in [7, 11) is 0. The van der Waals surface area contributed by atoms with Crippen molar-refractivity contribution in [3.63, 3.8) is 0 Å². The first-order valence-corrected chi connectivity index (χ1v) is 5.73. The van der Waals surface area contributed by atoms with Gasteiger partial charge in [-0.2, -0.15) is 0 Å². The van der Waals surface area contributed by atoms with Gasteiger partial charge in [-0.3, -0.25) is 4.90 Å². The molecule has 0 bridgehead atoms. The normalized spacial score (nSPS) is 35.3. The molecular formula is C11H22N2. The number of piperazine rings is 1. The molecule has 2 nitrogen and oxygen atoms in total. The predicted octanol–water partition coefficient (Wildman–Crippen LogP) is 1.47. The number of nitrogens with one attached hydrogen (secondary N) is 1. The van der Waals surface area contributed by atoms with Gasteiger partial charge in [-0.15, -0.1) is 0 Å². The van der Waals surface area contributed by atoms with Crippen LogP contribution in [0.1, 0.15) is 33.1 Å². The highest BCUT2D eigenvalue weighted by molar-refractivity contribution is 4.90. The Labute approximate surface area is 81.7 Å². The Morgan fingerprint density at radius 1 is 1.46 bits per heavy atom. The summed E-state index contributed by atoms with van der Waals surface area (Å²) >= 11 is 0. The van der Waals surface area contributed by atoms with E-state index in [1.54, 1.807) is 0 Å². The third kappa shape index (κ3) is 2.23. The van der Waals surface area contributed by atoms with Crippen molar-refractivity contribution in [3.05, 3.63) is 0 Å². The van der Waals surface area contributed by atoms with Crippen LogP contribution in [0.3, 0.4) is 0 Å². The summed E-state index contributed by atoms with van der Waals surface area (Å²) in [6, 6.07) is 1.62. The molecule has 2 saturated heterocycles. The fraction of sp³-hybridized carbons (Fsp3) is 1.00. The molecule has 2 fully saturated rings. The molecule has 1 N–H and O–H groups in total. The van der Waals surface area contributed by atoms with Gasteiger partial charge >= 0.3 is 0 Å². The minimum atomic E-state index is 0.759. The van der Waals surface area contributed by atoms with E-state index in [1.165, 1.54) is 38.9 Å². The Morgan fingerprint density at radius 2 is 2.31 bits per heavy atom. The maximum atomic E-state index is 3.68. The third-order valence-corrected chi connectivity index (χ3v) is 3.35. The van der Waals surface area contributed by atoms with E-state index in [9.17, 15) is 0 Å². The first-order valence-electron chi connectivity index (χ1n) is 5.73. The maximum absolute atomic E-state index is 3.68. The van der Waals surface area contributed by atoms with E-state index >= 15 is 0 Å². The zero-order chi connectivity index (χ0) is 9.26. The average Bonchev–Trinajstić information content (AvgIpc) is 2.49. The Kier molecular flexibility index (Phi) is 2.89. The minimum absolute atomic E-state index is 0.759. The van der Waals surface area contributed by atoms with Crippen molar-refractivity contribution < 1.29 is 0 Å². The largest absolute Gasteiger partial charge is 0.311 e. The summed E-state index contributed by atoms with van der Waals surface area (Å²) < 4.78 is 0. The maximum Gasteiger partial charge on any atom is 0.0221 e. The van der Waals surface area contributed by atoms with Crippen LogP contribution in [0.4, 0.5) is 0 Å². The first kappa shape index (κ1) is 9.47. The molecule has 76 valence electrons. The molecule has 1 unspecified atom stereocenters. The van der Waals surface area contributed by atoms with E-state index < -0.39 is 0 Å². The minimum Gasteiger partial charge on any atom is -0.311 e. The Morgan fingerprint density at radius 3 is 3.08 bits per heavy atom. The monoisotopic (exact) mass is 182 g/mol. The van der Waals surface area contributed by atoms with E-state index in [-0.39, 0.29) is 0 Å². The van der Waals surface area contributed by atoms with Gasteiger partial charge in [0.1, 0.15) is 0 Å². The number of nitrogens with zero attached hydrogens (tertiary/aromatic N) is 1. The predicted molar refractivity (Wildman–Crippen MR) is 55.8 cm³/mol. The molecule has 0 spiro atoms. The van der Waals surface area contributed by atoms with Crippen LogP contribution in [-0.4, -0.2) is 36.6 Å². The van der Waals surface area contributed by atoms with E-state index in [1.807, 2.05) is 0 Å². The molecule has 0 aromatic rings. The highest BCUT2D eigenvalue weighted by Crippen LogP contribution is 2.21. The zero-order valence-electron chi connectivity index (χ0n) is 8.92. The van der Waals surface area contributed by atoms with Gasteiger partial charge in [-0.1, -0.05) is 13.8 Å². The van der Waals surface area contributed by atoms with Gasteiger partial charge in [0.15, 0.2) is 0 Å². The molecule has 0 aliphatic carbocycles. The van der Waals surface area contributed by atoms with Crippen molar-refractivity contribution in [2.24, 2.45) is 5.92 Å².